The lowest BCUT2D eigenvalue weighted by Gasteiger charge is -2.29. The van der Waals surface area contributed by atoms with Gasteiger partial charge in [0.05, 0.1) is 28.2 Å². The topological polar surface area (TPSA) is 132 Å². The van der Waals surface area contributed by atoms with Crippen LogP contribution in [-0.2, 0) is 47.7 Å². The predicted molar refractivity (Wildman–Crippen MR) is 184 cm³/mol. The molecule has 0 aliphatic heterocycles. The van der Waals surface area contributed by atoms with Crippen molar-refractivity contribution in [3.63, 3.8) is 0 Å². The SMILES string of the molecule is CCCCCC[C@H](C/C=C\CCCCCCCC(=O)OCCOC(=O)C[N+](C)(C)CCOC(C)=O)OC(=O)C[N+](C)(C)CCOC(C)=O. The summed E-state index contributed by atoms with van der Waals surface area (Å²) in [6.45, 7) is 6.83. The van der Waals surface area contributed by atoms with Crippen molar-refractivity contribution in [3.8, 4) is 0 Å². The summed E-state index contributed by atoms with van der Waals surface area (Å²) in [4.78, 5) is 58.7. The maximum absolute atomic E-state index is 12.7. The van der Waals surface area contributed by atoms with E-state index in [9.17, 15) is 24.0 Å². The van der Waals surface area contributed by atoms with Crippen molar-refractivity contribution < 1.29 is 56.6 Å². The third kappa shape index (κ3) is 29.2. The van der Waals surface area contributed by atoms with Gasteiger partial charge in [0.1, 0.15) is 45.6 Å². The Balaban J connectivity index is 4.14. The van der Waals surface area contributed by atoms with Gasteiger partial charge in [0.15, 0.2) is 13.1 Å². The number of carbonyl (C=O) groups excluding carboxylic acids is 5. The molecule has 0 amide bonds. The normalized spacial score (nSPS) is 12.4. The number of nitrogens with zero attached hydrogens (tertiary/aromatic N) is 2. The van der Waals surface area contributed by atoms with Gasteiger partial charge in [0, 0.05) is 26.7 Å². The second-order valence-electron chi connectivity index (χ2n) is 13.7. The molecule has 278 valence electrons. The molecule has 0 spiro atoms. The first-order chi connectivity index (χ1) is 22.7. The van der Waals surface area contributed by atoms with Gasteiger partial charge in [0.25, 0.3) is 0 Å². The van der Waals surface area contributed by atoms with Crippen molar-refractivity contribution in [2.45, 2.75) is 110 Å². The van der Waals surface area contributed by atoms with E-state index in [2.05, 4.69) is 19.1 Å². The molecular formula is C36H66N2O10+2. The number of ether oxygens (including phenoxy) is 5. The van der Waals surface area contributed by atoms with Crippen LogP contribution in [0.1, 0.15) is 104 Å². The van der Waals surface area contributed by atoms with E-state index in [1.54, 1.807) is 0 Å². The molecule has 0 rings (SSSR count). The van der Waals surface area contributed by atoms with Gasteiger partial charge in [0.2, 0.25) is 0 Å². The van der Waals surface area contributed by atoms with Gasteiger partial charge in [-0.3, -0.25) is 14.4 Å². The number of rotatable bonds is 29. The van der Waals surface area contributed by atoms with E-state index in [4.69, 9.17) is 23.7 Å². The Bertz CT molecular complexity index is 964. The zero-order valence-electron chi connectivity index (χ0n) is 31.1. The smallest absolute Gasteiger partial charge is 0.362 e. The van der Waals surface area contributed by atoms with Crippen LogP contribution >= 0.6 is 0 Å². The maximum Gasteiger partial charge on any atom is 0.362 e. The average Bonchev–Trinajstić information content (AvgIpc) is 2.97. The summed E-state index contributed by atoms with van der Waals surface area (Å²) in [5.74, 6) is -1.60. The Morgan fingerprint density at radius 2 is 1.10 bits per heavy atom. The number of carbonyl (C=O) groups is 5. The van der Waals surface area contributed by atoms with Crippen molar-refractivity contribution in [3.05, 3.63) is 12.2 Å². The lowest BCUT2D eigenvalue weighted by atomic mass is 10.1. The summed E-state index contributed by atoms with van der Waals surface area (Å²) < 4.78 is 26.9. The molecule has 0 aliphatic rings. The van der Waals surface area contributed by atoms with Gasteiger partial charge >= 0.3 is 29.8 Å². The highest BCUT2D eigenvalue weighted by molar-refractivity contribution is 5.71. The molecule has 1 atom stereocenters. The molecule has 0 N–H and O–H groups in total. The van der Waals surface area contributed by atoms with Gasteiger partial charge in [-0.2, -0.15) is 0 Å². The third-order valence-corrected chi connectivity index (χ3v) is 7.72. The van der Waals surface area contributed by atoms with Crippen molar-refractivity contribution in [2.75, 3.05) is 80.8 Å². The Morgan fingerprint density at radius 1 is 0.583 bits per heavy atom. The minimum Gasteiger partial charge on any atom is -0.462 e. The molecule has 12 heteroatoms. The molecule has 48 heavy (non-hydrogen) atoms. The van der Waals surface area contributed by atoms with Gasteiger partial charge in [-0.05, 0) is 32.1 Å². The monoisotopic (exact) mass is 686 g/mol. The summed E-state index contributed by atoms with van der Waals surface area (Å²) in [5, 5.41) is 0. The number of likely N-dealkylation sites (N-methyl/N-ethyl adjacent to an activating group) is 2. The van der Waals surface area contributed by atoms with Crippen LogP contribution in [0.5, 0.6) is 0 Å². The number of hydrogen-bond donors (Lipinski definition) is 0. The van der Waals surface area contributed by atoms with Crippen molar-refractivity contribution >= 4 is 29.8 Å². The number of esters is 5. The summed E-state index contributed by atoms with van der Waals surface area (Å²) in [6.07, 6.45) is 16.4. The molecule has 0 aromatic carbocycles. The van der Waals surface area contributed by atoms with E-state index in [1.165, 1.54) is 20.3 Å². The fourth-order valence-electron chi connectivity index (χ4n) is 4.83. The maximum atomic E-state index is 12.7. The fraction of sp³-hybridized carbons (Fsp3) is 0.806. The molecule has 12 nitrogen and oxygen atoms in total. The lowest BCUT2D eigenvalue weighted by Crippen LogP contribution is -2.47. The van der Waals surface area contributed by atoms with Crippen LogP contribution in [0, 0.1) is 0 Å². The molecule has 0 unspecified atom stereocenters. The van der Waals surface area contributed by atoms with Crippen LogP contribution < -0.4 is 0 Å². The van der Waals surface area contributed by atoms with Crippen LogP contribution in [0.25, 0.3) is 0 Å². The van der Waals surface area contributed by atoms with Crippen LogP contribution in [-0.4, -0.2) is 126 Å². The molecule has 0 fully saturated rings. The molecule has 0 heterocycles. The molecule has 0 aliphatic carbocycles. The van der Waals surface area contributed by atoms with Gasteiger partial charge in [-0.25, -0.2) is 9.59 Å². The van der Waals surface area contributed by atoms with Crippen LogP contribution in [0.4, 0.5) is 0 Å². The molecular weight excluding hydrogens is 620 g/mol. The molecule has 0 saturated heterocycles. The number of hydrogen-bond acceptors (Lipinski definition) is 10. The predicted octanol–water partition coefficient (Wildman–Crippen LogP) is 4.91. The van der Waals surface area contributed by atoms with Gasteiger partial charge in [-0.1, -0.05) is 57.6 Å². The zero-order valence-corrected chi connectivity index (χ0v) is 31.1. The van der Waals surface area contributed by atoms with Crippen molar-refractivity contribution in [1.29, 1.82) is 0 Å². The lowest BCUT2D eigenvalue weighted by molar-refractivity contribution is -0.883. The zero-order chi connectivity index (χ0) is 36.3. The van der Waals surface area contributed by atoms with Crippen molar-refractivity contribution in [2.24, 2.45) is 0 Å². The number of unbranched alkanes of at least 4 members (excludes halogenated alkanes) is 8. The van der Waals surface area contributed by atoms with E-state index in [1.807, 2.05) is 28.2 Å². The van der Waals surface area contributed by atoms with E-state index in [0.717, 1.165) is 64.2 Å². The molecule has 0 radical (unpaired) electrons. The van der Waals surface area contributed by atoms with Gasteiger partial charge < -0.3 is 32.7 Å². The Kier molecular flexibility index (Phi) is 25.2. The number of quaternary nitrogens is 2. The highest BCUT2D eigenvalue weighted by Crippen LogP contribution is 2.14. The van der Waals surface area contributed by atoms with E-state index < -0.39 is 5.97 Å². The summed E-state index contributed by atoms with van der Waals surface area (Å²) >= 11 is 0. The van der Waals surface area contributed by atoms with Crippen molar-refractivity contribution in [1.82, 2.24) is 0 Å². The average molecular weight is 687 g/mol. The number of allylic oxidation sites excluding steroid dienone is 1. The summed E-state index contributed by atoms with van der Waals surface area (Å²) in [7, 11) is 7.54. The highest BCUT2D eigenvalue weighted by atomic mass is 16.6. The molecule has 0 saturated carbocycles. The van der Waals surface area contributed by atoms with E-state index in [-0.39, 0.29) is 69.5 Å². The van der Waals surface area contributed by atoms with E-state index >= 15 is 0 Å². The minimum atomic E-state index is -0.399. The summed E-state index contributed by atoms with van der Waals surface area (Å²) in [6, 6.07) is 0. The second kappa shape index (κ2) is 26.9. The first-order valence-electron chi connectivity index (χ1n) is 17.7. The fourth-order valence-corrected chi connectivity index (χ4v) is 4.83. The quantitative estimate of drug-likeness (QED) is 0.0352. The second-order valence-corrected chi connectivity index (χ2v) is 13.7. The Labute approximate surface area is 289 Å². The first-order valence-corrected chi connectivity index (χ1v) is 17.7. The molecule has 0 bridgehead atoms. The Morgan fingerprint density at radius 3 is 1.69 bits per heavy atom. The van der Waals surface area contributed by atoms with Crippen LogP contribution in [0.2, 0.25) is 0 Å². The van der Waals surface area contributed by atoms with Crippen LogP contribution in [0.15, 0.2) is 12.2 Å². The standard InChI is InChI=1S/C36H66N2O10/c1-8-9-10-17-20-33(48-36(43)30-38(6,7)24-26-45-32(3)40)21-18-15-13-11-12-14-16-19-22-34(41)46-27-28-47-35(42)29-37(4,5)23-25-44-31(2)39/h15,18,33H,8-14,16-17,19-30H2,1-7H3/q+2/b18-15-/t33-/m1/s1. The highest BCUT2D eigenvalue weighted by Gasteiger charge is 2.24. The Hall–Kier alpha value is -2.99. The third-order valence-electron chi connectivity index (χ3n) is 7.72. The molecule has 0 aromatic rings. The van der Waals surface area contributed by atoms with E-state index in [0.29, 0.717) is 34.9 Å². The minimum absolute atomic E-state index is 0.0145. The molecule has 0 aromatic heterocycles. The first kappa shape index (κ1) is 45.0. The largest absolute Gasteiger partial charge is 0.462 e. The van der Waals surface area contributed by atoms with Gasteiger partial charge in [-0.15, -0.1) is 0 Å². The summed E-state index contributed by atoms with van der Waals surface area (Å²) in [5.41, 5.74) is 0. The van der Waals surface area contributed by atoms with Crippen LogP contribution in [0.3, 0.4) is 0 Å².